The van der Waals surface area contributed by atoms with Crippen molar-refractivity contribution in [1.82, 2.24) is 0 Å². The Kier molecular flexibility index (Phi) is 4.24. The normalized spacial score (nSPS) is 22.5. The molecule has 1 aliphatic heterocycles. The van der Waals surface area contributed by atoms with Crippen LogP contribution in [0.2, 0.25) is 0 Å². The number of aryl methyl sites for hydroxylation is 1. The van der Waals surface area contributed by atoms with E-state index in [4.69, 9.17) is 9.92 Å². The average molecular weight is 349 g/mol. The van der Waals surface area contributed by atoms with E-state index in [-0.39, 0.29) is 4.90 Å². The maximum Gasteiger partial charge on any atom is 0.429 e. The van der Waals surface area contributed by atoms with Gasteiger partial charge in [-0.2, -0.15) is 21.6 Å². The Morgan fingerprint density at radius 2 is 1.83 bits per heavy atom. The Morgan fingerprint density at radius 1 is 1.26 bits per heavy atom. The van der Waals surface area contributed by atoms with Gasteiger partial charge in [-0.3, -0.25) is 0 Å². The van der Waals surface area contributed by atoms with E-state index in [2.05, 4.69) is 9.98 Å². The van der Waals surface area contributed by atoms with Crippen LogP contribution in [-0.2, 0) is 14.3 Å². The third-order valence-electron chi connectivity index (χ3n) is 3.02. The molecule has 0 bridgehead atoms. The number of hydrogen-bond acceptors (Lipinski definition) is 6. The maximum atomic E-state index is 12.8. The zero-order valence-corrected chi connectivity index (χ0v) is 13.1. The molecule has 0 fully saturated rings. The minimum Gasteiger partial charge on any atom is -0.368 e. The molecule has 10 heteroatoms. The molecule has 1 aliphatic rings. The topological polar surface area (TPSA) is 94.1 Å². The van der Waals surface area contributed by atoms with Gasteiger partial charge in [-0.1, -0.05) is 17.7 Å². The van der Waals surface area contributed by atoms with Crippen LogP contribution in [0.1, 0.15) is 18.9 Å². The lowest BCUT2D eigenvalue weighted by Gasteiger charge is -2.29. The predicted molar refractivity (Wildman–Crippen MR) is 77.6 cm³/mol. The second kappa shape index (κ2) is 5.60. The molecule has 1 unspecified atom stereocenters. The maximum absolute atomic E-state index is 12.8. The van der Waals surface area contributed by atoms with Crippen LogP contribution in [0.25, 0.3) is 0 Å². The Bertz CT molecular complexity index is 770. The lowest BCUT2D eigenvalue weighted by atomic mass is 10.1. The number of rotatable bonds is 3. The summed E-state index contributed by atoms with van der Waals surface area (Å²) in [6, 6.07) is 5.67. The first-order chi connectivity index (χ1) is 10.4. The predicted octanol–water partition coefficient (Wildman–Crippen LogP) is 2.14. The van der Waals surface area contributed by atoms with Gasteiger partial charge in [0.1, 0.15) is 5.71 Å². The van der Waals surface area contributed by atoms with Crippen LogP contribution in [0.5, 0.6) is 0 Å². The van der Waals surface area contributed by atoms with E-state index in [1.165, 1.54) is 12.1 Å². The first kappa shape index (κ1) is 17.4. The van der Waals surface area contributed by atoms with Crippen LogP contribution in [-0.4, -0.2) is 32.0 Å². The number of guanidine groups is 1. The molecule has 1 aromatic rings. The molecule has 0 saturated heterocycles. The highest BCUT2D eigenvalue weighted by Crippen LogP contribution is 2.32. The van der Waals surface area contributed by atoms with Crippen molar-refractivity contribution in [2.75, 3.05) is 0 Å². The van der Waals surface area contributed by atoms with Crippen LogP contribution >= 0.6 is 0 Å². The Hall–Kier alpha value is -1.94. The van der Waals surface area contributed by atoms with Crippen LogP contribution in [0.4, 0.5) is 13.2 Å². The van der Waals surface area contributed by atoms with Crippen molar-refractivity contribution < 1.29 is 25.8 Å². The molecule has 0 spiro atoms. The van der Waals surface area contributed by atoms with Crippen molar-refractivity contribution >= 4 is 21.8 Å². The number of alkyl halides is 3. The van der Waals surface area contributed by atoms with Crippen molar-refractivity contribution in [2.24, 2.45) is 15.7 Å². The summed E-state index contributed by atoms with van der Waals surface area (Å²) in [5.41, 5.74) is 2.83. The summed E-state index contributed by atoms with van der Waals surface area (Å²) in [7, 11) is -4.31. The van der Waals surface area contributed by atoms with E-state index >= 15 is 0 Å². The van der Waals surface area contributed by atoms with Gasteiger partial charge >= 0.3 is 6.18 Å². The Morgan fingerprint density at radius 3 is 2.35 bits per heavy atom. The molecule has 23 heavy (non-hydrogen) atoms. The van der Waals surface area contributed by atoms with Gasteiger partial charge in [-0.25, -0.2) is 14.2 Å². The fraction of sp³-hybridized carbons (Fsp3) is 0.385. The molecule has 6 nitrogen and oxygen atoms in total. The van der Waals surface area contributed by atoms with Gasteiger partial charge in [0.15, 0.2) is 5.72 Å². The number of halogens is 3. The van der Waals surface area contributed by atoms with Crippen molar-refractivity contribution in [1.29, 1.82) is 0 Å². The molecule has 0 radical (unpaired) electrons. The van der Waals surface area contributed by atoms with E-state index in [0.717, 1.165) is 12.5 Å². The van der Waals surface area contributed by atoms with Crippen molar-refractivity contribution in [3.05, 3.63) is 29.8 Å². The van der Waals surface area contributed by atoms with Crippen molar-refractivity contribution in [3.8, 4) is 0 Å². The quantitative estimate of drug-likeness (QED) is 0.846. The van der Waals surface area contributed by atoms with Crippen molar-refractivity contribution in [2.45, 2.75) is 37.1 Å². The first-order valence-electron chi connectivity index (χ1n) is 6.44. The number of nitrogens with zero attached hydrogens (tertiary/aromatic N) is 2. The van der Waals surface area contributed by atoms with E-state index in [1.54, 1.807) is 19.1 Å². The minimum absolute atomic E-state index is 0.186. The summed E-state index contributed by atoms with van der Waals surface area (Å²) in [6.45, 7) is 2.86. The summed E-state index contributed by atoms with van der Waals surface area (Å²) in [6.07, 6.45) is -5.61. The van der Waals surface area contributed by atoms with Crippen LogP contribution < -0.4 is 5.73 Å². The SMILES string of the molecule is Cc1ccc(S(=O)(=O)OC2(C)CC(C(F)(F)F)=NC(N)=N2)cc1. The van der Waals surface area contributed by atoms with Gasteiger partial charge < -0.3 is 5.73 Å². The highest BCUT2D eigenvalue weighted by molar-refractivity contribution is 7.86. The van der Waals surface area contributed by atoms with E-state index < -0.39 is 40.1 Å². The summed E-state index contributed by atoms with van der Waals surface area (Å²) in [4.78, 5) is 6.53. The Labute approximate surface area is 131 Å². The number of hydrogen-bond donors (Lipinski definition) is 1. The number of benzene rings is 1. The van der Waals surface area contributed by atoms with Gasteiger partial charge in [0, 0.05) is 6.42 Å². The van der Waals surface area contributed by atoms with Gasteiger partial charge in [0.05, 0.1) is 4.90 Å². The fourth-order valence-corrected chi connectivity index (χ4v) is 3.13. The third-order valence-corrected chi connectivity index (χ3v) is 4.45. The van der Waals surface area contributed by atoms with Gasteiger partial charge in [-0.15, -0.1) is 0 Å². The molecular formula is C13H14F3N3O3S. The zero-order chi connectivity index (χ0) is 17.5. The summed E-state index contributed by atoms with van der Waals surface area (Å²) >= 11 is 0. The molecule has 0 amide bonds. The highest BCUT2D eigenvalue weighted by Gasteiger charge is 2.45. The monoisotopic (exact) mass is 349 g/mol. The number of nitrogens with two attached hydrogens (primary N) is 1. The summed E-state index contributed by atoms with van der Waals surface area (Å²) < 4.78 is 67.8. The Balaban J connectivity index is 2.32. The molecule has 1 atom stereocenters. The lowest BCUT2D eigenvalue weighted by molar-refractivity contribution is -0.0641. The molecular weight excluding hydrogens is 335 g/mol. The minimum atomic E-state index is -4.75. The molecule has 2 N–H and O–H groups in total. The van der Waals surface area contributed by atoms with E-state index in [0.29, 0.717) is 0 Å². The fourth-order valence-electron chi connectivity index (χ4n) is 2.00. The smallest absolute Gasteiger partial charge is 0.368 e. The molecule has 0 aromatic heterocycles. The van der Waals surface area contributed by atoms with Gasteiger partial charge in [0.2, 0.25) is 5.96 Å². The zero-order valence-electron chi connectivity index (χ0n) is 12.3. The molecule has 0 aliphatic carbocycles. The summed E-state index contributed by atoms with van der Waals surface area (Å²) in [5.74, 6) is -0.690. The second-order valence-corrected chi connectivity index (χ2v) is 6.77. The van der Waals surface area contributed by atoms with Gasteiger partial charge in [-0.05, 0) is 26.0 Å². The standard InChI is InChI=1S/C13H14F3N3O3S/c1-8-3-5-9(6-4-8)23(20,21)22-12(2)7-10(13(14,15)16)18-11(17)19-12/h3-6H,7H2,1-2H3,(H2,17,19). The van der Waals surface area contributed by atoms with E-state index in [9.17, 15) is 21.6 Å². The summed E-state index contributed by atoms with van der Waals surface area (Å²) in [5, 5.41) is 0. The molecule has 0 saturated carbocycles. The van der Waals surface area contributed by atoms with E-state index in [1.807, 2.05) is 0 Å². The average Bonchev–Trinajstić information content (AvgIpc) is 2.35. The van der Waals surface area contributed by atoms with Crippen molar-refractivity contribution in [3.63, 3.8) is 0 Å². The van der Waals surface area contributed by atoms with Gasteiger partial charge in [0.25, 0.3) is 10.1 Å². The molecule has 1 aromatic carbocycles. The molecule has 126 valence electrons. The first-order valence-corrected chi connectivity index (χ1v) is 7.85. The second-order valence-electron chi connectivity index (χ2n) is 5.23. The number of aliphatic imine (C=N–C) groups is 2. The van der Waals surface area contributed by atoms with Crippen LogP contribution in [0, 0.1) is 6.92 Å². The highest BCUT2D eigenvalue weighted by atomic mass is 32.2. The third kappa shape index (κ3) is 4.08. The van der Waals surface area contributed by atoms with Crippen LogP contribution in [0.3, 0.4) is 0 Å². The lowest BCUT2D eigenvalue weighted by Crippen LogP contribution is -2.42. The molecule has 1 heterocycles. The largest absolute Gasteiger partial charge is 0.429 e. The molecule has 2 rings (SSSR count). The van der Waals surface area contributed by atoms with Crippen LogP contribution in [0.15, 0.2) is 39.1 Å².